The summed E-state index contributed by atoms with van der Waals surface area (Å²) in [5.74, 6) is -3.46. The van der Waals surface area contributed by atoms with Gasteiger partial charge in [0.1, 0.15) is 29.2 Å². The van der Waals surface area contributed by atoms with E-state index in [1.165, 1.54) is 20.4 Å². The second-order valence-electron chi connectivity index (χ2n) is 11.4. The molecule has 0 radical (unpaired) electrons. The van der Waals surface area contributed by atoms with Crippen molar-refractivity contribution < 1.29 is 59.5 Å². The van der Waals surface area contributed by atoms with Gasteiger partial charge in [0, 0.05) is 14.2 Å². The van der Waals surface area contributed by atoms with Gasteiger partial charge < -0.3 is 30.5 Å². The second-order valence-corrected chi connectivity index (χ2v) is 14.2. The van der Waals surface area contributed by atoms with Crippen LogP contribution in [-0.4, -0.2) is 99.8 Å². The average molecular weight is 759 g/mol. The van der Waals surface area contributed by atoms with Crippen LogP contribution in [0.2, 0.25) is 0 Å². The highest BCUT2D eigenvalue weighted by atomic mass is 32.2. The molecule has 0 aliphatic heterocycles. The van der Waals surface area contributed by atoms with Crippen molar-refractivity contribution >= 4 is 45.0 Å². The Morgan fingerprint density at radius 2 is 1.43 bits per heavy atom. The van der Waals surface area contributed by atoms with Crippen LogP contribution in [0.4, 0.5) is 13.2 Å². The number of hydrogen-bond acceptors (Lipinski definition) is 12. The topological polar surface area (TPSA) is 199 Å². The molecular weight excluding hydrogens is 721 g/mol. The number of carbonyl (C=O) groups excluding carboxylic acids is 4. The predicted molar refractivity (Wildman–Crippen MR) is 176 cm³/mol. The SMILES string of the molecule is COCC(NC(=O)c1cnc(C)s1)C(=O)N[C@@H](COC)C(=O)NC(Cc1ccccc1)C(=O)[C@](C)(O)COS(=O)(=O)c1ccc(C(F)(F)F)cc1. The third-order valence-corrected chi connectivity index (χ3v) is 9.37. The van der Waals surface area contributed by atoms with Gasteiger partial charge >= 0.3 is 6.18 Å². The van der Waals surface area contributed by atoms with Crippen molar-refractivity contribution in [1.82, 2.24) is 20.9 Å². The number of amides is 3. The van der Waals surface area contributed by atoms with Gasteiger partial charge in [-0.1, -0.05) is 30.3 Å². The Kier molecular flexibility index (Phi) is 14.3. The number of aliphatic hydroxyl groups is 1. The summed E-state index contributed by atoms with van der Waals surface area (Å²) in [7, 11) is -2.20. The molecule has 3 amide bonds. The summed E-state index contributed by atoms with van der Waals surface area (Å²) in [4.78, 5) is 56.8. The van der Waals surface area contributed by atoms with Crippen LogP contribution >= 0.6 is 11.3 Å². The minimum absolute atomic E-state index is 0.197. The first-order valence-corrected chi connectivity index (χ1v) is 17.3. The first-order chi connectivity index (χ1) is 23.9. The van der Waals surface area contributed by atoms with Gasteiger partial charge in [-0.25, -0.2) is 4.98 Å². The molecule has 4 N–H and O–H groups in total. The van der Waals surface area contributed by atoms with Crippen LogP contribution in [0.1, 0.15) is 32.7 Å². The number of benzene rings is 2. The number of aromatic nitrogens is 1. The van der Waals surface area contributed by atoms with Crippen LogP contribution in [0, 0.1) is 6.92 Å². The van der Waals surface area contributed by atoms with Crippen LogP contribution < -0.4 is 16.0 Å². The summed E-state index contributed by atoms with van der Waals surface area (Å²) in [5, 5.41) is 19.2. The number of ether oxygens (including phenoxy) is 2. The quantitative estimate of drug-likeness (QED) is 0.138. The Labute approximate surface area is 295 Å². The van der Waals surface area contributed by atoms with Crippen LogP contribution in [0.5, 0.6) is 0 Å². The van der Waals surface area contributed by atoms with Gasteiger partial charge in [-0.3, -0.25) is 23.4 Å². The van der Waals surface area contributed by atoms with E-state index in [1.807, 2.05) is 0 Å². The van der Waals surface area contributed by atoms with E-state index in [0.717, 1.165) is 18.3 Å². The number of nitrogens with one attached hydrogen (secondary N) is 3. The molecule has 3 aromatic rings. The third-order valence-electron chi connectivity index (χ3n) is 7.18. The Balaban J connectivity index is 1.79. The number of carbonyl (C=O) groups is 4. The van der Waals surface area contributed by atoms with E-state index < -0.39 is 87.2 Å². The first kappa shape index (κ1) is 41.2. The second kappa shape index (κ2) is 17.8. The molecule has 51 heavy (non-hydrogen) atoms. The van der Waals surface area contributed by atoms with Crippen LogP contribution in [-0.2, 0) is 50.8 Å². The van der Waals surface area contributed by atoms with Gasteiger partial charge in [0.05, 0.1) is 40.9 Å². The van der Waals surface area contributed by atoms with Crippen LogP contribution in [0.15, 0.2) is 65.7 Å². The molecule has 0 aliphatic rings. The lowest BCUT2D eigenvalue weighted by atomic mass is 9.91. The fraction of sp³-hybridized carbons (Fsp3) is 0.406. The lowest BCUT2D eigenvalue weighted by Gasteiger charge is -2.29. The number of Topliss-reactive ketones (excluding diaryl/α,β-unsaturated/α-hetero) is 1. The largest absolute Gasteiger partial charge is 0.416 e. The normalized spacial score (nSPS) is 14.8. The highest BCUT2D eigenvalue weighted by molar-refractivity contribution is 7.86. The molecule has 2 aromatic carbocycles. The lowest BCUT2D eigenvalue weighted by molar-refractivity contribution is -0.143. The number of ketones is 1. The highest BCUT2D eigenvalue weighted by Crippen LogP contribution is 2.30. The Morgan fingerprint density at radius 3 is 1.94 bits per heavy atom. The summed E-state index contributed by atoms with van der Waals surface area (Å²) in [5.41, 5.74) is -3.14. The van der Waals surface area contributed by atoms with Crippen molar-refractivity contribution in [3.63, 3.8) is 0 Å². The van der Waals surface area contributed by atoms with Crippen molar-refractivity contribution in [2.75, 3.05) is 34.0 Å². The van der Waals surface area contributed by atoms with Gasteiger partial charge in [0.25, 0.3) is 16.0 Å². The Bertz CT molecular complexity index is 1770. The van der Waals surface area contributed by atoms with Crippen LogP contribution in [0.3, 0.4) is 0 Å². The fourth-order valence-electron chi connectivity index (χ4n) is 4.52. The molecule has 0 spiro atoms. The molecule has 1 aromatic heterocycles. The van der Waals surface area contributed by atoms with Gasteiger partial charge in [0.2, 0.25) is 11.8 Å². The Morgan fingerprint density at radius 1 is 0.882 bits per heavy atom. The zero-order chi connectivity index (χ0) is 38.0. The molecule has 1 heterocycles. The van der Waals surface area contributed by atoms with Gasteiger partial charge in [-0.2, -0.15) is 21.6 Å². The Hall–Kier alpha value is -4.27. The minimum atomic E-state index is -4.74. The molecule has 0 fully saturated rings. The van der Waals surface area contributed by atoms with E-state index in [2.05, 4.69) is 20.9 Å². The predicted octanol–water partition coefficient (Wildman–Crippen LogP) is 1.80. The standard InChI is InChI=1S/C32H37F3N4O10S2/c1-19-36-15-26(50-19)30(43)39-25(17-48-4)29(42)38-24(16-47-3)28(41)37-23(14-20-8-6-5-7-9-20)27(40)31(2,44)18-49-51(45,46)22-12-10-21(11-13-22)32(33,34)35/h5-13,15,23-25,44H,14,16-18H2,1-4H3,(H,37,41)(H,38,42)(H,39,43)/t23?,24-,25?,31+/m0/s1. The molecule has 0 saturated heterocycles. The molecule has 0 saturated carbocycles. The van der Waals surface area contributed by atoms with Crippen molar-refractivity contribution in [2.24, 2.45) is 0 Å². The summed E-state index contributed by atoms with van der Waals surface area (Å²) < 4.78 is 79.3. The number of rotatable bonds is 18. The van der Waals surface area contributed by atoms with Crippen molar-refractivity contribution in [1.29, 1.82) is 0 Å². The molecule has 3 rings (SSSR count). The summed E-state index contributed by atoms with van der Waals surface area (Å²) in [6.45, 7) is 0.813. The number of halogens is 3. The van der Waals surface area contributed by atoms with Gasteiger partial charge in [-0.15, -0.1) is 11.3 Å². The fourth-order valence-corrected chi connectivity index (χ4v) is 6.19. The van der Waals surface area contributed by atoms with Crippen LogP contribution in [0.25, 0.3) is 0 Å². The third kappa shape index (κ3) is 11.9. The highest BCUT2D eigenvalue weighted by Gasteiger charge is 2.40. The lowest BCUT2D eigenvalue weighted by Crippen LogP contribution is -2.60. The summed E-state index contributed by atoms with van der Waals surface area (Å²) in [6.07, 6.45) is -3.57. The summed E-state index contributed by atoms with van der Waals surface area (Å²) >= 11 is 1.10. The van der Waals surface area contributed by atoms with E-state index in [9.17, 15) is 45.9 Å². The molecule has 2 unspecified atom stereocenters. The minimum Gasteiger partial charge on any atom is -0.382 e. The molecule has 19 heteroatoms. The summed E-state index contributed by atoms with van der Waals surface area (Å²) in [6, 6.07) is 6.46. The van der Waals surface area contributed by atoms with E-state index in [4.69, 9.17) is 13.7 Å². The zero-order valence-corrected chi connectivity index (χ0v) is 29.5. The average Bonchev–Trinajstić information content (AvgIpc) is 3.52. The maximum Gasteiger partial charge on any atom is 0.416 e. The van der Waals surface area contributed by atoms with E-state index in [1.54, 1.807) is 37.3 Å². The number of hydrogen-bond donors (Lipinski definition) is 4. The number of nitrogens with zero attached hydrogens (tertiary/aromatic N) is 1. The van der Waals surface area contributed by atoms with Crippen molar-refractivity contribution in [3.8, 4) is 0 Å². The number of alkyl halides is 3. The molecular formula is C32H37F3N4O10S2. The monoisotopic (exact) mass is 758 g/mol. The van der Waals surface area contributed by atoms with Gasteiger partial charge in [-0.05, 0) is 50.1 Å². The molecule has 278 valence electrons. The molecule has 14 nitrogen and oxygen atoms in total. The maximum absolute atomic E-state index is 13.7. The van der Waals surface area contributed by atoms with E-state index >= 15 is 0 Å². The number of aryl methyl sites for hydroxylation is 1. The maximum atomic E-state index is 13.7. The number of thiazole rings is 1. The van der Waals surface area contributed by atoms with E-state index in [-0.39, 0.29) is 17.9 Å². The van der Waals surface area contributed by atoms with Crippen molar-refractivity contribution in [2.45, 2.75) is 55.1 Å². The van der Waals surface area contributed by atoms with Crippen molar-refractivity contribution in [3.05, 3.63) is 81.8 Å². The molecule has 0 aliphatic carbocycles. The molecule has 0 bridgehead atoms. The zero-order valence-electron chi connectivity index (χ0n) is 27.9. The van der Waals surface area contributed by atoms with Gasteiger partial charge in [0.15, 0.2) is 5.78 Å². The van der Waals surface area contributed by atoms with E-state index in [0.29, 0.717) is 34.8 Å². The first-order valence-electron chi connectivity index (χ1n) is 15.1. The smallest absolute Gasteiger partial charge is 0.382 e. The number of methoxy groups -OCH3 is 2. The molecule has 4 atom stereocenters.